The lowest BCUT2D eigenvalue weighted by Crippen LogP contribution is -2.28. The van der Waals surface area contributed by atoms with Crippen molar-refractivity contribution in [3.05, 3.63) is 11.9 Å². The monoisotopic (exact) mass is 260 g/mol. The van der Waals surface area contributed by atoms with Gasteiger partial charge in [0.05, 0.1) is 23.9 Å². The van der Waals surface area contributed by atoms with Gasteiger partial charge in [0.1, 0.15) is 0 Å². The number of ether oxygens (including phenoxy) is 1. The molecular weight excluding hydrogens is 244 g/mol. The molecule has 1 aromatic rings. The maximum absolute atomic E-state index is 12.0. The van der Waals surface area contributed by atoms with Gasteiger partial charge in [0, 0.05) is 26.1 Å². The minimum absolute atomic E-state index is 0.0447. The second-order valence-electron chi connectivity index (χ2n) is 5.03. The number of aromatic nitrogens is 3. The summed E-state index contributed by atoms with van der Waals surface area (Å²) in [6.07, 6.45) is 3.89. The van der Waals surface area contributed by atoms with E-state index in [1.165, 1.54) is 0 Å². The van der Waals surface area contributed by atoms with Crippen LogP contribution in [0.3, 0.4) is 0 Å². The number of carbonyl (C=O) groups is 1. The first-order chi connectivity index (χ1) is 9.28. The Bertz CT molecular complexity index is 512. The van der Waals surface area contributed by atoms with Gasteiger partial charge < -0.3 is 9.64 Å². The van der Waals surface area contributed by atoms with Crippen LogP contribution in [0.25, 0.3) is 0 Å². The lowest BCUT2D eigenvalue weighted by atomic mass is 10.0. The molecule has 0 spiro atoms. The standard InChI is InChI=1S/C13H16N4O2/c1-19-12-8-17(13(18)5-4-9-2-3-9)7-10(12)11-6-14-16-15-11/h6,9-10,12H,2-3,7-8H2,1H3,(H,14,15,16)/t10-,12+/m0/s1. The molecule has 1 aliphatic carbocycles. The number of nitrogens with zero attached hydrogens (tertiary/aromatic N) is 3. The largest absolute Gasteiger partial charge is 0.379 e. The highest BCUT2D eigenvalue weighted by Gasteiger charge is 2.37. The minimum Gasteiger partial charge on any atom is -0.379 e. The number of aromatic amines is 1. The maximum atomic E-state index is 12.0. The summed E-state index contributed by atoms with van der Waals surface area (Å²) in [5.74, 6) is 6.13. The van der Waals surface area contributed by atoms with Crippen molar-refractivity contribution in [2.45, 2.75) is 24.9 Å². The van der Waals surface area contributed by atoms with E-state index in [-0.39, 0.29) is 17.9 Å². The minimum atomic E-state index is -0.111. The third kappa shape index (κ3) is 2.61. The van der Waals surface area contributed by atoms with Crippen molar-refractivity contribution >= 4 is 5.91 Å². The number of carbonyl (C=O) groups excluding carboxylic acids is 1. The van der Waals surface area contributed by atoms with Crippen LogP contribution in [0.15, 0.2) is 6.20 Å². The van der Waals surface area contributed by atoms with E-state index >= 15 is 0 Å². The molecule has 1 N–H and O–H groups in total. The van der Waals surface area contributed by atoms with Crippen LogP contribution >= 0.6 is 0 Å². The van der Waals surface area contributed by atoms with E-state index in [0.29, 0.717) is 19.0 Å². The fourth-order valence-corrected chi connectivity index (χ4v) is 2.32. The Labute approximate surface area is 111 Å². The summed E-state index contributed by atoms with van der Waals surface area (Å²) in [6.45, 7) is 1.15. The number of H-pyrrole nitrogens is 1. The summed E-state index contributed by atoms with van der Waals surface area (Å²) in [4.78, 5) is 13.7. The number of likely N-dealkylation sites (tertiary alicyclic amines) is 1. The summed E-state index contributed by atoms with van der Waals surface area (Å²) in [5, 5.41) is 10.5. The third-order valence-electron chi connectivity index (χ3n) is 3.63. The van der Waals surface area contributed by atoms with Crippen molar-refractivity contribution in [3.8, 4) is 11.8 Å². The Morgan fingerprint density at radius 3 is 3.00 bits per heavy atom. The molecule has 2 atom stereocenters. The van der Waals surface area contributed by atoms with E-state index in [1.54, 1.807) is 18.2 Å². The number of nitrogens with one attached hydrogen (secondary N) is 1. The molecule has 100 valence electrons. The van der Waals surface area contributed by atoms with Crippen molar-refractivity contribution in [3.63, 3.8) is 0 Å². The zero-order chi connectivity index (χ0) is 13.2. The molecule has 1 saturated heterocycles. The van der Waals surface area contributed by atoms with Gasteiger partial charge in [0.25, 0.3) is 5.91 Å². The molecule has 6 heteroatoms. The lowest BCUT2D eigenvalue weighted by Gasteiger charge is -2.12. The lowest BCUT2D eigenvalue weighted by molar-refractivity contribution is -0.124. The quantitative estimate of drug-likeness (QED) is 0.769. The molecule has 2 aliphatic rings. The highest BCUT2D eigenvalue weighted by Crippen LogP contribution is 2.29. The number of methoxy groups -OCH3 is 1. The molecule has 0 radical (unpaired) electrons. The van der Waals surface area contributed by atoms with Gasteiger partial charge >= 0.3 is 0 Å². The molecule has 3 rings (SSSR count). The van der Waals surface area contributed by atoms with Gasteiger partial charge in [-0.25, -0.2) is 0 Å². The van der Waals surface area contributed by atoms with Crippen LogP contribution < -0.4 is 0 Å². The van der Waals surface area contributed by atoms with Crippen LogP contribution in [-0.2, 0) is 9.53 Å². The average Bonchev–Trinajstić information content (AvgIpc) is 2.94. The summed E-state index contributed by atoms with van der Waals surface area (Å²) in [6, 6.07) is 0. The predicted molar refractivity (Wildman–Crippen MR) is 67.0 cm³/mol. The SMILES string of the molecule is CO[C@@H]1CN(C(=O)C#CC2CC2)C[C@H]1c1cn[nH]n1. The van der Waals surface area contributed by atoms with Gasteiger partial charge in [-0.2, -0.15) is 15.4 Å². The smallest absolute Gasteiger partial charge is 0.298 e. The van der Waals surface area contributed by atoms with Crippen LogP contribution in [0.4, 0.5) is 0 Å². The van der Waals surface area contributed by atoms with Crippen molar-refractivity contribution in [1.82, 2.24) is 20.3 Å². The normalized spacial score (nSPS) is 26.1. The Hall–Kier alpha value is -1.87. The van der Waals surface area contributed by atoms with Crippen LogP contribution in [0, 0.1) is 17.8 Å². The first-order valence-corrected chi connectivity index (χ1v) is 6.47. The summed E-state index contributed by atoms with van der Waals surface area (Å²) >= 11 is 0. The highest BCUT2D eigenvalue weighted by atomic mass is 16.5. The van der Waals surface area contributed by atoms with Crippen molar-refractivity contribution < 1.29 is 9.53 Å². The average molecular weight is 260 g/mol. The highest BCUT2D eigenvalue weighted by molar-refractivity contribution is 5.93. The van der Waals surface area contributed by atoms with Crippen molar-refractivity contribution in [2.24, 2.45) is 5.92 Å². The second kappa shape index (κ2) is 5.02. The Morgan fingerprint density at radius 2 is 2.37 bits per heavy atom. The van der Waals surface area contributed by atoms with Gasteiger partial charge in [-0.1, -0.05) is 5.92 Å². The van der Waals surface area contributed by atoms with Crippen LogP contribution in [0.2, 0.25) is 0 Å². The summed E-state index contributed by atoms with van der Waals surface area (Å²) in [7, 11) is 1.65. The van der Waals surface area contributed by atoms with E-state index in [9.17, 15) is 4.79 Å². The van der Waals surface area contributed by atoms with Gasteiger partial charge in [-0.05, 0) is 18.8 Å². The molecule has 1 amide bonds. The Balaban J connectivity index is 1.69. The van der Waals surface area contributed by atoms with Gasteiger partial charge in [0.2, 0.25) is 0 Å². The molecule has 2 fully saturated rings. The molecule has 0 aromatic carbocycles. The first-order valence-electron chi connectivity index (χ1n) is 6.47. The second-order valence-corrected chi connectivity index (χ2v) is 5.03. The van der Waals surface area contributed by atoms with Gasteiger partial charge in [-0.15, -0.1) is 0 Å². The molecule has 6 nitrogen and oxygen atoms in total. The molecule has 1 aromatic heterocycles. The van der Waals surface area contributed by atoms with E-state index in [2.05, 4.69) is 27.3 Å². The number of amides is 1. The Morgan fingerprint density at radius 1 is 1.53 bits per heavy atom. The summed E-state index contributed by atoms with van der Waals surface area (Å²) < 4.78 is 5.44. The van der Waals surface area contributed by atoms with Crippen LogP contribution in [0.1, 0.15) is 24.5 Å². The molecule has 1 saturated carbocycles. The molecule has 0 bridgehead atoms. The number of hydrogen-bond donors (Lipinski definition) is 1. The zero-order valence-electron chi connectivity index (χ0n) is 10.8. The van der Waals surface area contributed by atoms with E-state index in [0.717, 1.165) is 18.5 Å². The van der Waals surface area contributed by atoms with Gasteiger partial charge in [-0.3, -0.25) is 4.79 Å². The fraction of sp³-hybridized carbons (Fsp3) is 0.615. The molecular formula is C13H16N4O2. The number of rotatable bonds is 2. The fourth-order valence-electron chi connectivity index (χ4n) is 2.32. The van der Waals surface area contributed by atoms with E-state index in [1.807, 2.05) is 0 Å². The van der Waals surface area contributed by atoms with Crippen LogP contribution in [0.5, 0.6) is 0 Å². The summed E-state index contributed by atoms with van der Waals surface area (Å²) in [5.41, 5.74) is 0.831. The number of hydrogen-bond acceptors (Lipinski definition) is 4. The Kier molecular flexibility index (Phi) is 3.22. The molecule has 1 aliphatic heterocycles. The van der Waals surface area contributed by atoms with E-state index in [4.69, 9.17) is 4.74 Å². The zero-order valence-corrected chi connectivity index (χ0v) is 10.8. The first kappa shape index (κ1) is 12.2. The van der Waals surface area contributed by atoms with Crippen molar-refractivity contribution in [2.75, 3.05) is 20.2 Å². The molecule has 2 heterocycles. The molecule has 0 unspecified atom stereocenters. The topological polar surface area (TPSA) is 71.1 Å². The maximum Gasteiger partial charge on any atom is 0.298 e. The predicted octanol–water partition coefficient (Wildman–Crippen LogP) is 0.159. The van der Waals surface area contributed by atoms with Crippen molar-refractivity contribution in [1.29, 1.82) is 0 Å². The van der Waals surface area contributed by atoms with Crippen LogP contribution in [-0.4, -0.2) is 52.5 Å². The van der Waals surface area contributed by atoms with Gasteiger partial charge in [0.15, 0.2) is 0 Å². The van der Waals surface area contributed by atoms with E-state index < -0.39 is 0 Å². The third-order valence-corrected chi connectivity index (χ3v) is 3.63. The molecule has 19 heavy (non-hydrogen) atoms.